The summed E-state index contributed by atoms with van der Waals surface area (Å²) in [7, 11) is -3.45. The van der Waals surface area contributed by atoms with Crippen molar-refractivity contribution in [1.82, 2.24) is 0 Å². The van der Waals surface area contributed by atoms with Gasteiger partial charge < -0.3 is 0 Å². The summed E-state index contributed by atoms with van der Waals surface area (Å²) in [5, 5.41) is 1.25. The zero-order chi connectivity index (χ0) is 12.7. The Hall–Kier alpha value is -1.42. The second-order valence-electron chi connectivity index (χ2n) is 5.10. The molecular weight excluding hydrogens is 234 g/mol. The molecule has 1 aromatic rings. The second kappa shape index (κ2) is 3.81. The molecule has 0 unspecified atom stereocenters. The monoisotopic (exact) mass is 249 g/mol. The maximum absolute atomic E-state index is 11.6. The van der Waals surface area contributed by atoms with Gasteiger partial charge in [0.15, 0.2) is 0 Å². The molecular formula is C13H15NO2S. The Morgan fingerprint density at radius 2 is 1.65 bits per heavy atom. The Bertz CT molecular complexity index is 590. The van der Waals surface area contributed by atoms with Crippen molar-refractivity contribution in [3.8, 4) is 0 Å². The van der Waals surface area contributed by atoms with Crippen LogP contribution in [0.4, 0.5) is 0 Å². The minimum atomic E-state index is -3.45. The van der Waals surface area contributed by atoms with Crippen LogP contribution in [0.15, 0.2) is 40.1 Å². The molecule has 1 heterocycles. The molecule has 17 heavy (non-hydrogen) atoms. The molecule has 3 nitrogen and oxygen atoms in total. The largest absolute Gasteiger partial charge is 0.276 e. The van der Waals surface area contributed by atoms with Crippen molar-refractivity contribution in [2.24, 2.45) is 9.81 Å². The van der Waals surface area contributed by atoms with Crippen LogP contribution in [0.2, 0.25) is 0 Å². The normalized spacial score (nSPS) is 18.8. The van der Waals surface area contributed by atoms with Gasteiger partial charge in [-0.15, -0.1) is 0 Å². The zero-order valence-corrected chi connectivity index (χ0v) is 11.0. The Balaban J connectivity index is 2.59. The third kappa shape index (κ3) is 2.47. The molecule has 4 heteroatoms. The highest BCUT2D eigenvalue weighted by Crippen LogP contribution is 2.33. The third-order valence-electron chi connectivity index (χ3n) is 2.54. The summed E-state index contributed by atoms with van der Waals surface area (Å²) in [5.41, 5.74) is 1.94. The fourth-order valence-electron chi connectivity index (χ4n) is 1.77. The number of hydrogen-bond donors (Lipinski definition) is 0. The smallest absolute Gasteiger partial charge is 0.200 e. The fourth-order valence-corrected chi connectivity index (χ4v) is 3.00. The molecule has 0 saturated carbocycles. The van der Waals surface area contributed by atoms with Crippen LogP contribution in [0.25, 0.3) is 5.57 Å². The Morgan fingerprint density at radius 3 is 2.18 bits per heavy atom. The minimum Gasteiger partial charge on any atom is -0.200 e. The number of rotatable bonds is 1. The highest BCUT2D eigenvalue weighted by Gasteiger charge is 2.31. The highest BCUT2D eigenvalue weighted by molar-refractivity contribution is 7.93. The first-order valence-corrected chi connectivity index (χ1v) is 6.93. The molecule has 1 aliphatic rings. The van der Waals surface area contributed by atoms with E-state index in [4.69, 9.17) is 0 Å². The van der Waals surface area contributed by atoms with Crippen LogP contribution in [0.5, 0.6) is 0 Å². The van der Waals surface area contributed by atoms with Gasteiger partial charge in [-0.3, -0.25) is 0 Å². The average molecular weight is 249 g/mol. The van der Waals surface area contributed by atoms with Gasteiger partial charge in [-0.1, -0.05) is 51.1 Å². The van der Waals surface area contributed by atoms with Crippen molar-refractivity contribution in [3.05, 3.63) is 41.3 Å². The van der Waals surface area contributed by atoms with E-state index in [9.17, 15) is 8.42 Å². The summed E-state index contributed by atoms with van der Waals surface area (Å²) in [4.78, 5) is 0. The van der Waals surface area contributed by atoms with Crippen molar-refractivity contribution < 1.29 is 8.42 Å². The number of allylic oxidation sites excluding steroid dienone is 1. The van der Waals surface area contributed by atoms with Crippen LogP contribution in [0, 0.1) is 5.41 Å². The molecule has 0 aromatic heterocycles. The zero-order valence-electron chi connectivity index (χ0n) is 10.1. The van der Waals surface area contributed by atoms with E-state index >= 15 is 0 Å². The van der Waals surface area contributed by atoms with E-state index in [0.29, 0.717) is 11.3 Å². The van der Waals surface area contributed by atoms with Crippen molar-refractivity contribution in [2.75, 3.05) is 0 Å². The Kier molecular flexibility index (Phi) is 2.70. The lowest BCUT2D eigenvalue weighted by atomic mass is 9.84. The van der Waals surface area contributed by atoms with Crippen molar-refractivity contribution in [3.63, 3.8) is 0 Å². The van der Waals surface area contributed by atoms with Crippen molar-refractivity contribution >= 4 is 21.3 Å². The molecule has 1 aliphatic heterocycles. The van der Waals surface area contributed by atoms with Crippen LogP contribution < -0.4 is 0 Å². The molecule has 0 N–H and O–H groups in total. The van der Waals surface area contributed by atoms with Crippen LogP contribution >= 0.6 is 0 Å². The molecule has 0 saturated heterocycles. The van der Waals surface area contributed by atoms with Gasteiger partial charge in [-0.05, 0) is 5.56 Å². The maximum Gasteiger partial charge on any atom is 0.276 e. The minimum absolute atomic E-state index is 0.286. The standard InChI is InChI=1S/C13H15NO2S/c1-13(2,3)12-11(9-17(15,16)14-12)10-7-5-4-6-8-10/h4-9H,1-3H3. The molecule has 0 radical (unpaired) electrons. The van der Waals surface area contributed by atoms with Gasteiger partial charge in [-0.2, -0.15) is 12.8 Å². The number of benzene rings is 1. The molecule has 0 amide bonds. The second-order valence-corrected chi connectivity index (χ2v) is 6.55. The predicted molar refractivity (Wildman–Crippen MR) is 70.2 cm³/mol. The van der Waals surface area contributed by atoms with E-state index in [1.54, 1.807) is 0 Å². The van der Waals surface area contributed by atoms with Gasteiger partial charge in [0.05, 0.1) is 11.1 Å². The van der Waals surface area contributed by atoms with Gasteiger partial charge >= 0.3 is 0 Å². The van der Waals surface area contributed by atoms with Crippen LogP contribution in [-0.4, -0.2) is 14.1 Å². The number of nitrogens with zero attached hydrogens (tertiary/aromatic N) is 1. The molecule has 0 fully saturated rings. The third-order valence-corrected chi connectivity index (χ3v) is 3.51. The summed E-state index contributed by atoms with van der Waals surface area (Å²) >= 11 is 0. The van der Waals surface area contributed by atoms with E-state index < -0.39 is 10.0 Å². The number of hydrogen-bond acceptors (Lipinski definition) is 2. The van der Waals surface area contributed by atoms with Gasteiger partial charge in [0.25, 0.3) is 10.0 Å². The van der Waals surface area contributed by atoms with E-state index in [-0.39, 0.29) is 5.41 Å². The Labute approximate surface area is 102 Å². The first-order chi connectivity index (χ1) is 7.80. The topological polar surface area (TPSA) is 46.5 Å². The van der Waals surface area contributed by atoms with E-state index in [2.05, 4.69) is 4.40 Å². The molecule has 1 aromatic carbocycles. The lowest BCUT2D eigenvalue weighted by molar-refractivity contribution is 0.591. The van der Waals surface area contributed by atoms with Crippen molar-refractivity contribution in [1.29, 1.82) is 0 Å². The van der Waals surface area contributed by atoms with E-state index in [1.165, 1.54) is 5.41 Å². The van der Waals surface area contributed by atoms with Crippen LogP contribution in [-0.2, 0) is 10.0 Å². The molecule has 0 spiro atoms. The first kappa shape index (κ1) is 12.0. The lowest BCUT2D eigenvalue weighted by Crippen LogP contribution is -2.20. The van der Waals surface area contributed by atoms with E-state index in [0.717, 1.165) is 5.56 Å². The Morgan fingerprint density at radius 1 is 1.06 bits per heavy atom. The van der Waals surface area contributed by atoms with Crippen LogP contribution in [0.1, 0.15) is 26.3 Å². The average Bonchev–Trinajstić information content (AvgIpc) is 2.56. The van der Waals surface area contributed by atoms with Gasteiger partial charge in [-0.25, -0.2) is 0 Å². The molecule has 0 bridgehead atoms. The summed E-state index contributed by atoms with van der Waals surface area (Å²) in [5.74, 6) is 0. The molecule has 0 aliphatic carbocycles. The molecule has 0 atom stereocenters. The quantitative estimate of drug-likeness (QED) is 0.768. The maximum atomic E-state index is 11.6. The predicted octanol–water partition coefficient (Wildman–Crippen LogP) is 2.86. The highest BCUT2D eigenvalue weighted by atomic mass is 32.2. The fraction of sp³-hybridized carbons (Fsp3) is 0.308. The summed E-state index contributed by atoms with van der Waals surface area (Å²) in [6.07, 6.45) is 0. The first-order valence-electron chi connectivity index (χ1n) is 5.42. The van der Waals surface area contributed by atoms with Crippen molar-refractivity contribution in [2.45, 2.75) is 20.8 Å². The van der Waals surface area contributed by atoms with E-state index in [1.807, 2.05) is 51.1 Å². The SMILES string of the molecule is CC(C)(C)C1=NS(=O)(=O)C=C1c1ccccc1. The van der Waals surface area contributed by atoms with Crippen LogP contribution in [0.3, 0.4) is 0 Å². The van der Waals surface area contributed by atoms with Gasteiger partial charge in [0.1, 0.15) is 0 Å². The summed E-state index contributed by atoms with van der Waals surface area (Å²) in [6, 6.07) is 9.48. The summed E-state index contributed by atoms with van der Waals surface area (Å²) < 4.78 is 27.1. The summed E-state index contributed by atoms with van der Waals surface area (Å²) in [6.45, 7) is 5.89. The number of sulfonamides is 1. The molecule has 2 rings (SSSR count). The van der Waals surface area contributed by atoms with Gasteiger partial charge in [0.2, 0.25) is 0 Å². The lowest BCUT2D eigenvalue weighted by Gasteiger charge is -2.20. The molecule has 90 valence electrons. The van der Waals surface area contributed by atoms with Gasteiger partial charge in [0, 0.05) is 11.0 Å².